The largest absolute Gasteiger partial charge is 0.477 e. The van der Waals surface area contributed by atoms with E-state index in [2.05, 4.69) is 40.4 Å². The van der Waals surface area contributed by atoms with Gasteiger partial charge in [-0.3, -0.25) is 4.79 Å². The van der Waals surface area contributed by atoms with Crippen LogP contribution in [0.25, 0.3) is 0 Å². The van der Waals surface area contributed by atoms with Crippen molar-refractivity contribution in [3.05, 3.63) is 23.9 Å². The van der Waals surface area contributed by atoms with E-state index in [1.807, 2.05) is 6.92 Å². The minimum Gasteiger partial charge on any atom is -0.477 e. The molecule has 1 unspecified atom stereocenters. The molecule has 37 heavy (non-hydrogen) atoms. The number of β-lactam (4-membered cyclic amide) rings is 1. The number of nitrogens with zero attached hydrogens (tertiary/aromatic N) is 4. The van der Waals surface area contributed by atoms with Crippen LogP contribution in [0.4, 0.5) is 9.59 Å². The molecule has 0 aromatic carbocycles. The van der Waals surface area contributed by atoms with E-state index in [0.717, 1.165) is 0 Å². The Hall–Kier alpha value is -2.86. The van der Waals surface area contributed by atoms with E-state index in [1.165, 1.54) is 25.9 Å². The zero-order valence-corrected chi connectivity index (χ0v) is 24.1. The van der Waals surface area contributed by atoms with Crippen molar-refractivity contribution in [1.29, 1.82) is 0 Å². The highest BCUT2D eigenvalue weighted by atomic mass is 28.4. The van der Waals surface area contributed by atoms with Gasteiger partial charge in [0.05, 0.1) is 31.2 Å². The molecule has 0 saturated carbocycles. The van der Waals surface area contributed by atoms with Crippen molar-refractivity contribution >= 4 is 32.3 Å². The van der Waals surface area contributed by atoms with Crippen LogP contribution in [0.5, 0.6) is 0 Å². The van der Waals surface area contributed by atoms with Gasteiger partial charge < -0.3 is 24.1 Å². The lowest BCUT2D eigenvalue weighted by atomic mass is 9.82. The first-order valence-corrected chi connectivity index (χ1v) is 15.5. The van der Waals surface area contributed by atoms with Gasteiger partial charge in [0, 0.05) is 20.0 Å². The fourth-order valence-corrected chi connectivity index (χ4v) is 6.48. The maximum absolute atomic E-state index is 13.2. The number of rotatable bonds is 7. The van der Waals surface area contributed by atoms with Crippen molar-refractivity contribution in [3.63, 3.8) is 0 Å². The molecule has 0 aromatic rings. The van der Waals surface area contributed by atoms with Crippen molar-refractivity contribution in [3.8, 4) is 0 Å². The molecule has 3 heterocycles. The van der Waals surface area contributed by atoms with Crippen LogP contribution in [-0.2, 0) is 18.8 Å². The summed E-state index contributed by atoms with van der Waals surface area (Å²) in [6.07, 6.45) is 0.703. The number of aliphatic carboxylic acids is 1. The number of carbonyl (C=O) groups excluding carboxylic acids is 3. The summed E-state index contributed by atoms with van der Waals surface area (Å²) in [5.74, 6) is -2.36. The van der Waals surface area contributed by atoms with Gasteiger partial charge in [-0.15, -0.1) is 0 Å². The highest BCUT2D eigenvalue weighted by molar-refractivity contribution is 6.74. The number of hydrazine groups is 1. The van der Waals surface area contributed by atoms with Crippen molar-refractivity contribution in [2.24, 2.45) is 11.8 Å². The van der Waals surface area contributed by atoms with Crippen LogP contribution in [-0.4, -0.2) is 103 Å². The fraction of sp³-hybridized carbons (Fsp3) is 0.680. The molecule has 12 heteroatoms. The van der Waals surface area contributed by atoms with Crippen LogP contribution in [0.1, 0.15) is 34.1 Å². The summed E-state index contributed by atoms with van der Waals surface area (Å²) >= 11 is 0. The molecule has 0 spiro atoms. The Labute approximate surface area is 219 Å². The smallest absolute Gasteiger partial charge is 0.429 e. The molecule has 1 N–H and O–H groups in total. The van der Waals surface area contributed by atoms with Crippen LogP contribution < -0.4 is 0 Å². The summed E-state index contributed by atoms with van der Waals surface area (Å²) in [6, 6.07) is -0.754. The summed E-state index contributed by atoms with van der Waals surface area (Å²) in [4.78, 5) is 53.8. The second kappa shape index (κ2) is 10.1. The third-order valence-corrected chi connectivity index (χ3v) is 12.5. The number of hydrogen-bond acceptors (Lipinski definition) is 6. The minimum absolute atomic E-state index is 0.0226. The third kappa shape index (κ3) is 5.13. The number of carboxylic acids is 1. The van der Waals surface area contributed by atoms with Crippen molar-refractivity contribution in [1.82, 2.24) is 19.8 Å². The van der Waals surface area contributed by atoms with Crippen LogP contribution in [0.3, 0.4) is 0 Å². The molecular weight excluding hydrogens is 496 g/mol. The van der Waals surface area contributed by atoms with Crippen molar-refractivity contribution in [2.75, 3.05) is 33.8 Å². The van der Waals surface area contributed by atoms with Gasteiger partial charge in [-0.25, -0.2) is 24.4 Å². The maximum Gasteiger partial charge on any atom is 0.429 e. The first-order valence-electron chi connectivity index (χ1n) is 12.5. The monoisotopic (exact) mass is 536 g/mol. The summed E-state index contributed by atoms with van der Waals surface area (Å²) in [6.45, 7) is 16.2. The average molecular weight is 537 g/mol. The van der Waals surface area contributed by atoms with Gasteiger partial charge in [-0.2, -0.15) is 0 Å². The average Bonchev–Trinajstić information content (AvgIpc) is 3.35. The number of carboxylic acid groups (broad SMARTS) is 1. The Kier molecular flexibility index (Phi) is 7.86. The van der Waals surface area contributed by atoms with E-state index < -0.39 is 38.2 Å². The van der Waals surface area contributed by atoms with E-state index in [4.69, 9.17) is 9.16 Å². The predicted molar refractivity (Wildman–Crippen MR) is 139 cm³/mol. The van der Waals surface area contributed by atoms with E-state index in [-0.39, 0.29) is 48.5 Å². The molecule has 3 aliphatic rings. The molecule has 0 aromatic heterocycles. The van der Waals surface area contributed by atoms with Gasteiger partial charge in [0.25, 0.3) is 0 Å². The fourth-order valence-electron chi connectivity index (χ4n) is 5.05. The zero-order chi connectivity index (χ0) is 28.0. The number of carbonyl (C=O) groups is 4. The molecule has 11 nitrogen and oxygen atoms in total. The Bertz CT molecular complexity index is 1020. The van der Waals surface area contributed by atoms with Gasteiger partial charge in [0.15, 0.2) is 8.32 Å². The molecule has 2 fully saturated rings. The normalized spacial score (nSPS) is 24.6. The molecule has 206 valence electrons. The van der Waals surface area contributed by atoms with Crippen LogP contribution in [0.2, 0.25) is 18.1 Å². The van der Waals surface area contributed by atoms with Gasteiger partial charge in [-0.1, -0.05) is 33.4 Å². The second-order valence-electron chi connectivity index (χ2n) is 11.7. The first-order chi connectivity index (χ1) is 17.0. The van der Waals surface area contributed by atoms with E-state index in [0.29, 0.717) is 12.0 Å². The highest BCUT2D eigenvalue weighted by Crippen LogP contribution is 2.48. The Morgan fingerprint density at radius 3 is 2.32 bits per heavy atom. The Balaban J connectivity index is 1.86. The van der Waals surface area contributed by atoms with Crippen LogP contribution in [0, 0.1) is 11.8 Å². The van der Waals surface area contributed by atoms with E-state index >= 15 is 0 Å². The number of urea groups is 1. The van der Waals surface area contributed by atoms with Gasteiger partial charge in [0.2, 0.25) is 5.91 Å². The van der Waals surface area contributed by atoms with E-state index in [9.17, 15) is 24.3 Å². The first kappa shape index (κ1) is 28.7. The molecule has 3 rings (SSSR count). The van der Waals surface area contributed by atoms with Crippen LogP contribution >= 0.6 is 0 Å². The number of amides is 4. The van der Waals surface area contributed by atoms with Gasteiger partial charge >= 0.3 is 18.1 Å². The second-order valence-corrected chi connectivity index (χ2v) is 16.4. The van der Waals surface area contributed by atoms with E-state index in [1.54, 1.807) is 14.1 Å². The molecular formula is C25H40N4O7Si. The standard InChI is InChI=1S/C25H40N4O7Si/c1-10-11-35-24(34)28-14-16(13-27(28)23(33)26(6)7)17-12-18-19(21(30)29(18)20(17)22(31)32)15(2)36-37(8,9)25(3,4)5/h10,15-16,18-19H,1,11-14H2,2-9H3,(H,31,32)/t15-,16?,18-,19-/m1/s1. The number of ether oxygens (including phenoxy) is 1. The van der Waals surface area contributed by atoms with Gasteiger partial charge in [0.1, 0.15) is 12.3 Å². The summed E-state index contributed by atoms with van der Waals surface area (Å²) < 4.78 is 11.7. The van der Waals surface area contributed by atoms with Crippen LogP contribution in [0.15, 0.2) is 23.9 Å². The summed E-state index contributed by atoms with van der Waals surface area (Å²) in [7, 11) is 0.990. The lowest BCUT2D eigenvalue weighted by Crippen LogP contribution is -2.63. The molecule has 4 atom stereocenters. The molecule has 0 bridgehead atoms. The van der Waals surface area contributed by atoms with Crippen molar-refractivity contribution < 1.29 is 33.4 Å². The molecule has 0 aliphatic carbocycles. The molecule has 0 radical (unpaired) electrons. The number of hydrogen-bond donors (Lipinski definition) is 1. The topological polar surface area (TPSA) is 120 Å². The SMILES string of the molecule is C=CCOC(=O)N1CC(C2=C(C(=O)O)N3C(=O)[C@H]([C@@H](C)O[Si](C)(C)C(C)(C)C)[C@H]3C2)CN1C(=O)N(C)C. The maximum atomic E-state index is 13.2. The third-order valence-electron chi connectivity index (χ3n) is 7.95. The minimum atomic E-state index is -2.15. The highest BCUT2D eigenvalue weighted by Gasteiger charge is 2.59. The summed E-state index contributed by atoms with van der Waals surface area (Å²) in [5.41, 5.74) is 0.512. The van der Waals surface area contributed by atoms with Gasteiger partial charge in [-0.05, 0) is 37.0 Å². The van der Waals surface area contributed by atoms with Crippen molar-refractivity contribution in [2.45, 2.75) is 64.4 Å². The quantitative estimate of drug-likeness (QED) is 0.302. The lowest BCUT2D eigenvalue weighted by molar-refractivity contribution is -0.160. The zero-order valence-electron chi connectivity index (χ0n) is 23.1. The number of fused-ring (bicyclic) bond motifs is 1. The molecule has 2 saturated heterocycles. The lowest BCUT2D eigenvalue weighted by Gasteiger charge is -2.48. The predicted octanol–water partition coefficient (Wildman–Crippen LogP) is 3.12. The summed E-state index contributed by atoms with van der Waals surface area (Å²) in [5, 5.41) is 12.5. The Morgan fingerprint density at radius 2 is 1.81 bits per heavy atom. The molecule has 3 aliphatic heterocycles. The molecule has 4 amide bonds. The Morgan fingerprint density at radius 1 is 1.22 bits per heavy atom.